The summed E-state index contributed by atoms with van der Waals surface area (Å²) in [5.74, 6) is 1.51. The van der Waals surface area contributed by atoms with Crippen LogP contribution in [0.3, 0.4) is 0 Å². The molecule has 1 N–H and O–H groups in total. The minimum absolute atomic E-state index is 0.0977. The van der Waals surface area contributed by atoms with Crippen molar-refractivity contribution >= 4 is 29.0 Å². The van der Waals surface area contributed by atoms with Gasteiger partial charge in [-0.1, -0.05) is 18.2 Å². The van der Waals surface area contributed by atoms with Crippen molar-refractivity contribution in [1.82, 2.24) is 10.3 Å². The highest BCUT2D eigenvalue weighted by Crippen LogP contribution is 2.25. The van der Waals surface area contributed by atoms with Crippen molar-refractivity contribution in [3.05, 3.63) is 76.2 Å². The maximum absolute atomic E-state index is 12.5. The predicted octanol–water partition coefficient (Wildman–Crippen LogP) is 4.94. The summed E-state index contributed by atoms with van der Waals surface area (Å²) < 4.78 is 5.37. The van der Waals surface area contributed by atoms with E-state index in [1.54, 1.807) is 30.2 Å². The lowest BCUT2D eigenvalue weighted by atomic mass is 10.1. The molecule has 0 fully saturated rings. The zero-order valence-corrected chi connectivity index (χ0v) is 16.3. The molecule has 1 amide bonds. The van der Waals surface area contributed by atoms with Crippen LogP contribution in [0.15, 0.2) is 64.3 Å². The molecule has 0 saturated heterocycles. The molecule has 3 aromatic rings. The van der Waals surface area contributed by atoms with Gasteiger partial charge < -0.3 is 10.1 Å². The van der Waals surface area contributed by atoms with Crippen LogP contribution in [0.4, 0.5) is 0 Å². The van der Waals surface area contributed by atoms with Gasteiger partial charge in [0.2, 0.25) is 0 Å². The van der Waals surface area contributed by atoms with Crippen LogP contribution >= 0.6 is 23.1 Å². The zero-order valence-electron chi connectivity index (χ0n) is 14.6. The molecule has 26 heavy (non-hydrogen) atoms. The number of carbonyl (C=O) groups is 1. The van der Waals surface area contributed by atoms with Crippen LogP contribution in [-0.4, -0.2) is 18.0 Å². The molecule has 0 radical (unpaired) electrons. The number of para-hydroxylation sites is 1. The number of ether oxygens (including phenoxy) is 1. The van der Waals surface area contributed by atoms with Gasteiger partial charge in [-0.05, 0) is 37.3 Å². The lowest BCUT2D eigenvalue weighted by Crippen LogP contribution is -2.26. The van der Waals surface area contributed by atoms with Crippen molar-refractivity contribution in [2.24, 2.45) is 0 Å². The van der Waals surface area contributed by atoms with E-state index in [1.165, 1.54) is 0 Å². The van der Waals surface area contributed by atoms with E-state index in [-0.39, 0.29) is 11.9 Å². The summed E-state index contributed by atoms with van der Waals surface area (Å²) in [6, 6.07) is 15.2. The Balaban J connectivity index is 1.60. The second-order valence-electron chi connectivity index (χ2n) is 5.73. The van der Waals surface area contributed by atoms with Gasteiger partial charge in [-0.3, -0.25) is 4.79 Å². The first-order chi connectivity index (χ1) is 12.7. The summed E-state index contributed by atoms with van der Waals surface area (Å²) >= 11 is 3.31. The topological polar surface area (TPSA) is 51.2 Å². The molecule has 0 aliphatic heterocycles. The maximum Gasteiger partial charge on any atom is 0.251 e. The smallest absolute Gasteiger partial charge is 0.251 e. The average molecular weight is 385 g/mol. The molecule has 0 spiro atoms. The molecule has 0 bridgehead atoms. The third-order valence-electron chi connectivity index (χ3n) is 3.94. The Morgan fingerprint density at radius 1 is 1.23 bits per heavy atom. The van der Waals surface area contributed by atoms with Crippen LogP contribution in [0.2, 0.25) is 0 Å². The van der Waals surface area contributed by atoms with Crippen molar-refractivity contribution < 1.29 is 9.53 Å². The third kappa shape index (κ3) is 4.65. The molecule has 1 unspecified atom stereocenters. The number of carbonyl (C=O) groups excluding carboxylic acids is 1. The number of amides is 1. The normalized spacial score (nSPS) is 11.8. The number of aromatic nitrogens is 1. The number of rotatable bonds is 7. The van der Waals surface area contributed by atoms with Crippen LogP contribution in [0.25, 0.3) is 0 Å². The van der Waals surface area contributed by atoms with Gasteiger partial charge in [0.05, 0.1) is 24.4 Å². The second kappa shape index (κ2) is 8.87. The molecule has 0 saturated carbocycles. The Bertz CT molecular complexity index is 849. The SMILES string of the molecule is COc1ccccc1C(C)NC(=O)c1ccc(SCc2cscn2)cc1. The molecule has 1 atom stereocenters. The van der Waals surface area contributed by atoms with Crippen LogP contribution in [0, 0.1) is 0 Å². The second-order valence-corrected chi connectivity index (χ2v) is 7.50. The monoisotopic (exact) mass is 384 g/mol. The highest BCUT2D eigenvalue weighted by molar-refractivity contribution is 7.98. The summed E-state index contributed by atoms with van der Waals surface area (Å²) in [5.41, 5.74) is 4.52. The molecule has 0 aliphatic carbocycles. The highest BCUT2D eigenvalue weighted by Gasteiger charge is 2.14. The van der Waals surface area contributed by atoms with Gasteiger partial charge in [0, 0.05) is 27.2 Å². The highest BCUT2D eigenvalue weighted by atomic mass is 32.2. The van der Waals surface area contributed by atoms with Crippen molar-refractivity contribution in [1.29, 1.82) is 0 Å². The first-order valence-electron chi connectivity index (χ1n) is 8.21. The zero-order chi connectivity index (χ0) is 18.4. The van der Waals surface area contributed by atoms with E-state index in [4.69, 9.17) is 4.74 Å². The fourth-order valence-corrected chi connectivity index (χ4v) is 4.02. The lowest BCUT2D eigenvalue weighted by Gasteiger charge is -2.17. The molecule has 0 aliphatic rings. The van der Waals surface area contributed by atoms with Gasteiger partial charge in [-0.2, -0.15) is 0 Å². The van der Waals surface area contributed by atoms with Gasteiger partial charge in [0.15, 0.2) is 0 Å². The standard InChI is InChI=1S/C20H20N2O2S2/c1-14(18-5-3-4-6-19(18)24-2)22-20(23)15-7-9-17(10-8-15)26-12-16-11-25-13-21-16/h3-11,13-14H,12H2,1-2H3,(H,22,23). The maximum atomic E-state index is 12.5. The number of benzene rings is 2. The van der Waals surface area contributed by atoms with Gasteiger partial charge in [-0.25, -0.2) is 4.98 Å². The third-order valence-corrected chi connectivity index (χ3v) is 5.62. The van der Waals surface area contributed by atoms with E-state index >= 15 is 0 Å². The number of methoxy groups -OCH3 is 1. The Kier molecular flexibility index (Phi) is 6.30. The largest absolute Gasteiger partial charge is 0.496 e. The number of nitrogens with one attached hydrogen (secondary N) is 1. The van der Waals surface area contributed by atoms with E-state index < -0.39 is 0 Å². The molecule has 134 valence electrons. The van der Waals surface area contributed by atoms with Crippen LogP contribution < -0.4 is 10.1 Å². The quantitative estimate of drug-likeness (QED) is 0.587. The number of nitrogens with zero attached hydrogens (tertiary/aromatic N) is 1. The van der Waals surface area contributed by atoms with Crippen LogP contribution in [-0.2, 0) is 5.75 Å². The number of hydrogen-bond donors (Lipinski definition) is 1. The molecule has 4 nitrogen and oxygen atoms in total. The first kappa shape index (κ1) is 18.5. The van der Waals surface area contributed by atoms with E-state index in [2.05, 4.69) is 10.3 Å². The first-order valence-corrected chi connectivity index (χ1v) is 10.1. The molecule has 3 rings (SSSR count). The molecule has 6 heteroatoms. The van der Waals surface area contributed by atoms with Crippen molar-refractivity contribution in [3.63, 3.8) is 0 Å². The number of thioether (sulfide) groups is 1. The van der Waals surface area contributed by atoms with Crippen LogP contribution in [0.1, 0.15) is 34.6 Å². The number of thiazole rings is 1. The van der Waals surface area contributed by atoms with Crippen molar-refractivity contribution in [2.45, 2.75) is 23.6 Å². The Morgan fingerprint density at radius 2 is 2.00 bits per heavy atom. The molecule has 2 aromatic carbocycles. The fraction of sp³-hybridized carbons (Fsp3) is 0.200. The van der Waals surface area contributed by atoms with E-state index in [1.807, 2.05) is 66.3 Å². The Morgan fingerprint density at radius 3 is 2.69 bits per heavy atom. The van der Waals surface area contributed by atoms with Gasteiger partial charge in [0.25, 0.3) is 5.91 Å². The molecular formula is C20H20N2O2S2. The van der Waals surface area contributed by atoms with Gasteiger partial charge in [-0.15, -0.1) is 23.1 Å². The van der Waals surface area contributed by atoms with Crippen molar-refractivity contribution in [3.8, 4) is 5.75 Å². The Hall–Kier alpha value is -2.31. The van der Waals surface area contributed by atoms with Crippen molar-refractivity contribution in [2.75, 3.05) is 7.11 Å². The average Bonchev–Trinajstić information content (AvgIpc) is 3.20. The summed E-state index contributed by atoms with van der Waals surface area (Å²) in [6.07, 6.45) is 0. The Labute approximate surface area is 161 Å². The van der Waals surface area contributed by atoms with E-state index in [0.717, 1.165) is 27.7 Å². The van der Waals surface area contributed by atoms with Crippen LogP contribution in [0.5, 0.6) is 5.75 Å². The lowest BCUT2D eigenvalue weighted by molar-refractivity contribution is 0.0939. The van der Waals surface area contributed by atoms with Gasteiger partial charge in [0.1, 0.15) is 5.75 Å². The molecule has 1 heterocycles. The van der Waals surface area contributed by atoms with E-state index in [0.29, 0.717) is 5.56 Å². The van der Waals surface area contributed by atoms with E-state index in [9.17, 15) is 4.79 Å². The molecular weight excluding hydrogens is 364 g/mol. The predicted molar refractivity (Wildman–Crippen MR) is 107 cm³/mol. The fourth-order valence-electron chi connectivity index (χ4n) is 2.55. The minimum Gasteiger partial charge on any atom is -0.496 e. The minimum atomic E-state index is -0.141. The summed E-state index contributed by atoms with van der Waals surface area (Å²) in [6.45, 7) is 1.95. The molecule has 1 aromatic heterocycles. The number of hydrogen-bond acceptors (Lipinski definition) is 5. The van der Waals surface area contributed by atoms with Gasteiger partial charge >= 0.3 is 0 Å². The summed E-state index contributed by atoms with van der Waals surface area (Å²) in [7, 11) is 1.63. The summed E-state index contributed by atoms with van der Waals surface area (Å²) in [4.78, 5) is 17.9. The summed E-state index contributed by atoms with van der Waals surface area (Å²) in [5, 5.41) is 5.08.